The van der Waals surface area contributed by atoms with Crippen LogP contribution in [0.5, 0.6) is 0 Å². The minimum Gasteiger partial charge on any atom is -0.314 e. The van der Waals surface area contributed by atoms with Gasteiger partial charge >= 0.3 is 0 Å². The molecule has 3 fully saturated rings. The maximum absolute atomic E-state index is 3.77. The molecule has 0 spiro atoms. The van der Waals surface area contributed by atoms with Crippen molar-refractivity contribution in [3.63, 3.8) is 0 Å². The standard InChI is InChI=1S/C12H22N2/c1-8-9(2-3-13-8)7-14-12-5-10-4-11(10)6-12/h8-14H,2-7H2,1H3. The second-order valence-corrected chi connectivity index (χ2v) is 5.62. The smallest absolute Gasteiger partial charge is 0.00795 e. The minimum atomic E-state index is 0.735. The van der Waals surface area contributed by atoms with Gasteiger partial charge in [-0.3, -0.25) is 0 Å². The highest BCUT2D eigenvalue weighted by Crippen LogP contribution is 2.51. The normalized spacial score (nSPS) is 50.8. The first-order chi connectivity index (χ1) is 6.83. The molecule has 2 saturated carbocycles. The van der Waals surface area contributed by atoms with Crippen LogP contribution in [0.25, 0.3) is 0 Å². The zero-order valence-corrected chi connectivity index (χ0v) is 9.13. The van der Waals surface area contributed by atoms with Gasteiger partial charge < -0.3 is 10.6 Å². The van der Waals surface area contributed by atoms with E-state index in [9.17, 15) is 0 Å². The van der Waals surface area contributed by atoms with Crippen molar-refractivity contribution >= 4 is 0 Å². The molecule has 3 aliphatic rings. The first-order valence-electron chi connectivity index (χ1n) is 6.29. The van der Waals surface area contributed by atoms with Crippen molar-refractivity contribution in [2.75, 3.05) is 13.1 Å². The molecule has 3 rings (SSSR count). The number of hydrogen-bond donors (Lipinski definition) is 2. The molecule has 2 nitrogen and oxygen atoms in total. The second-order valence-electron chi connectivity index (χ2n) is 5.62. The summed E-state index contributed by atoms with van der Waals surface area (Å²) in [5, 5.41) is 7.30. The Bertz CT molecular complexity index is 206. The monoisotopic (exact) mass is 194 g/mol. The molecule has 0 radical (unpaired) electrons. The lowest BCUT2D eigenvalue weighted by Gasteiger charge is -2.20. The largest absolute Gasteiger partial charge is 0.314 e. The lowest BCUT2D eigenvalue weighted by atomic mass is 10.0. The molecule has 80 valence electrons. The van der Waals surface area contributed by atoms with Crippen LogP contribution in [-0.2, 0) is 0 Å². The SMILES string of the molecule is CC1NCCC1CNC1CC2CC2C1. The van der Waals surface area contributed by atoms with E-state index in [1.165, 1.54) is 32.4 Å². The molecule has 1 heterocycles. The predicted octanol–water partition coefficient (Wildman–Crippen LogP) is 1.37. The van der Waals surface area contributed by atoms with Crippen molar-refractivity contribution in [1.82, 2.24) is 10.6 Å². The fraction of sp³-hybridized carbons (Fsp3) is 1.00. The van der Waals surface area contributed by atoms with Crippen LogP contribution in [0.4, 0.5) is 0 Å². The van der Waals surface area contributed by atoms with Crippen molar-refractivity contribution in [2.45, 2.75) is 44.7 Å². The quantitative estimate of drug-likeness (QED) is 0.709. The third kappa shape index (κ3) is 1.70. The maximum Gasteiger partial charge on any atom is 0.00795 e. The molecule has 2 heteroatoms. The molecule has 2 N–H and O–H groups in total. The lowest BCUT2D eigenvalue weighted by Crippen LogP contribution is -2.36. The van der Waals surface area contributed by atoms with Gasteiger partial charge in [0.1, 0.15) is 0 Å². The number of hydrogen-bond acceptors (Lipinski definition) is 2. The Kier molecular flexibility index (Phi) is 2.29. The van der Waals surface area contributed by atoms with Crippen LogP contribution in [-0.4, -0.2) is 25.2 Å². The topological polar surface area (TPSA) is 24.1 Å². The van der Waals surface area contributed by atoms with Gasteiger partial charge in [0.15, 0.2) is 0 Å². The van der Waals surface area contributed by atoms with E-state index in [4.69, 9.17) is 0 Å². The van der Waals surface area contributed by atoms with E-state index in [1.807, 2.05) is 0 Å². The predicted molar refractivity (Wildman–Crippen MR) is 58.2 cm³/mol. The van der Waals surface area contributed by atoms with Crippen molar-refractivity contribution in [3.05, 3.63) is 0 Å². The molecule has 2 aliphatic carbocycles. The van der Waals surface area contributed by atoms with E-state index in [0.717, 1.165) is 29.8 Å². The Morgan fingerprint density at radius 3 is 2.64 bits per heavy atom. The molecule has 0 bridgehead atoms. The van der Waals surface area contributed by atoms with Crippen LogP contribution in [0.2, 0.25) is 0 Å². The van der Waals surface area contributed by atoms with Crippen molar-refractivity contribution in [1.29, 1.82) is 0 Å². The molecule has 0 aromatic rings. The van der Waals surface area contributed by atoms with Crippen LogP contribution < -0.4 is 10.6 Å². The van der Waals surface area contributed by atoms with Gasteiger partial charge in [0.25, 0.3) is 0 Å². The summed E-state index contributed by atoms with van der Waals surface area (Å²) in [5.74, 6) is 3.12. The fourth-order valence-electron chi connectivity index (χ4n) is 3.39. The summed E-state index contributed by atoms with van der Waals surface area (Å²) in [6.07, 6.45) is 5.85. The number of rotatable bonds is 3. The molecule has 0 aromatic heterocycles. The highest BCUT2D eigenvalue weighted by atomic mass is 15.0. The minimum absolute atomic E-state index is 0.735. The zero-order chi connectivity index (χ0) is 9.54. The summed E-state index contributed by atoms with van der Waals surface area (Å²) in [7, 11) is 0. The Labute approximate surface area is 86.8 Å². The van der Waals surface area contributed by atoms with Gasteiger partial charge in [-0.15, -0.1) is 0 Å². The Hall–Kier alpha value is -0.0800. The van der Waals surface area contributed by atoms with Gasteiger partial charge in [0.2, 0.25) is 0 Å². The summed E-state index contributed by atoms with van der Waals surface area (Å²) < 4.78 is 0. The van der Waals surface area contributed by atoms with Gasteiger partial charge in [0.05, 0.1) is 0 Å². The highest BCUT2D eigenvalue weighted by Gasteiger charge is 2.45. The molecule has 1 saturated heterocycles. The van der Waals surface area contributed by atoms with E-state index in [2.05, 4.69) is 17.6 Å². The Morgan fingerprint density at radius 2 is 2.00 bits per heavy atom. The lowest BCUT2D eigenvalue weighted by molar-refractivity contribution is 0.390. The van der Waals surface area contributed by atoms with Crippen molar-refractivity contribution in [3.8, 4) is 0 Å². The number of fused-ring (bicyclic) bond motifs is 1. The molecule has 1 aliphatic heterocycles. The Morgan fingerprint density at radius 1 is 1.21 bits per heavy atom. The average molecular weight is 194 g/mol. The Balaban J connectivity index is 1.41. The molecule has 4 atom stereocenters. The van der Waals surface area contributed by atoms with Crippen molar-refractivity contribution < 1.29 is 0 Å². The average Bonchev–Trinajstić information content (AvgIpc) is 2.61. The zero-order valence-electron chi connectivity index (χ0n) is 9.13. The highest BCUT2D eigenvalue weighted by molar-refractivity contribution is 4.99. The van der Waals surface area contributed by atoms with Gasteiger partial charge in [-0.25, -0.2) is 0 Å². The van der Waals surface area contributed by atoms with Gasteiger partial charge in [-0.05, 0) is 63.5 Å². The van der Waals surface area contributed by atoms with Crippen LogP contribution in [0.15, 0.2) is 0 Å². The van der Waals surface area contributed by atoms with Crippen LogP contribution in [0.1, 0.15) is 32.6 Å². The van der Waals surface area contributed by atoms with Crippen LogP contribution in [0, 0.1) is 17.8 Å². The van der Waals surface area contributed by atoms with Crippen LogP contribution >= 0.6 is 0 Å². The van der Waals surface area contributed by atoms with Crippen LogP contribution in [0.3, 0.4) is 0 Å². The summed E-state index contributed by atoms with van der Waals surface area (Å²) in [5.41, 5.74) is 0. The first-order valence-corrected chi connectivity index (χ1v) is 6.29. The molecule has 0 aromatic carbocycles. The van der Waals surface area contributed by atoms with E-state index in [1.54, 1.807) is 6.42 Å². The fourth-order valence-corrected chi connectivity index (χ4v) is 3.39. The summed E-state index contributed by atoms with van der Waals surface area (Å²) in [4.78, 5) is 0. The molecule has 4 unspecified atom stereocenters. The third-order valence-electron chi connectivity index (χ3n) is 4.60. The molecular formula is C12H22N2. The number of nitrogens with one attached hydrogen (secondary N) is 2. The summed E-state index contributed by atoms with van der Waals surface area (Å²) in [6.45, 7) is 4.80. The second kappa shape index (κ2) is 3.49. The maximum atomic E-state index is 3.77. The van der Waals surface area contributed by atoms with E-state index >= 15 is 0 Å². The molecular weight excluding hydrogens is 172 g/mol. The molecule has 14 heavy (non-hydrogen) atoms. The summed E-state index contributed by atoms with van der Waals surface area (Å²) >= 11 is 0. The third-order valence-corrected chi connectivity index (χ3v) is 4.60. The van der Waals surface area contributed by atoms with E-state index in [0.29, 0.717) is 0 Å². The van der Waals surface area contributed by atoms with Gasteiger partial charge in [-0.1, -0.05) is 0 Å². The van der Waals surface area contributed by atoms with E-state index in [-0.39, 0.29) is 0 Å². The first kappa shape index (κ1) is 9.17. The van der Waals surface area contributed by atoms with E-state index < -0.39 is 0 Å². The van der Waals surface area contributed by atoms with Crippen molar-refractivity contribution in [2.24, 2.45) is 17.8 Å². The summed E-state index contributed by atoms with van der Waals surface area (Å²) in [6, 6.07) is 1.60. The molecule has 0 amide bonds. The van der Waals surface area contributed by atoms with Gasteiger partial charge in [0, 0.05) is 12.1 Å². The van der Waals surface area contributed by atoms with Gasteiger partial charge in [-0.2, -0.15) is 0 Å².